The van der Waals surface area contributed by atoms with Crippen molar-refractivity contribution in [1.82, 2.24) is 0 Å². The summed E-state index contributed by atoms with van der Waals surface area (Å²) in [5.74, 6) is 1.23. The van der Waals surface area contributed by atoms with E-state index in [2.05, 4.69) is 0 Å². The molecule has 0 heterocycles. The normalized spacial score (nSPS) is 12.6. The average molecular weight is 364 g/mol. The predicted molar refractivity (Wildman–Crippen MR) is 103 cm³/mol. The summed E-state index contributed by atoms with van der Waals surface area (Å²) in [5.41, 5.74) is 1.94. The first-order valence-corrected chi connectivity index (χ1v) is 9.88. The Hall–Kier alpha value is -2.43. The van der Waals surface area contributed by atoms with E-state index in [1.165, 1.54) is 5.75 Å². The topological polar surface area (TPSA) is 43.4 Å². The van der Waals surface area contributed by atoms with Gasteiger partial charge in [0.2, 0.25) is 0 Å². The largest absolute Gasteiger partial charge is 0.369 e. The van der Waals surface area contributed by atoms with Gasteiger partial charge in [-0.25, -0.2) is 8.42 Å². The smallest absolute Gasteiger partial charge is 0.182 e. The van der Waals surface area contributed by atoms with Crippen molar-refractivity contribution in [3.8, 4) is 0 Å². The van der Waals surface area contributed by atoms with Gasteiger partial charge in [-0.3, -0.25) is 0 Å². The van der Waals surface area contributed by atoms with E-state index < -0.39 is 15.9 Å². The summed E-state index contributed by atoms with van der Waals surface area (Å²) in [4.78, 5) is 0.270. The van der Waals surface area contributed by atoms with Gasteiger partial charge in [-0.2, -0.15) is 0 Å². The molecule has 2 radical (unpaired) electrons. The maximum Gasteiger partial charge on any atom is 0.182 e. The summed E-state index contributed by atoms with van der Waals surface area (Å²) in [6.45, 7) is 0.399. The molecule has 0 N–H and O–H groups in total. The fourth-order valence-electron chi connectivity index (χ4n) is 2.53. The van der Waals surface area contributed by atoms with Gasteiger partial charge in [0, 0.05) is 6.42 Å². The Morgan fingerprint density at radius 3 is 1.92 bits per heavy atom. The van der Waals surface area contributed by atoms with Gasteiger partial charge in [0.1, 0.15) is 0 Å². The van der Waals surface area contributed by atoms with Gasteiger partial charge in [-0.15, -0.1) is 0 Å². The highest BCUT2D eigenvalue weighted by Gasteiger charge is 2.20. The van der Waals surface area contributed by atoms with Crippen LogP contribution in [-0.2, 0) is 21.2 Å². The summed E-state index contributed by atoms with van der Waals surface area (Å²) in [6.07, 6.45) is 1.15. The van der Waals surface area contributed by atoms with Gasteiger partial charge in [0.25, 0.3) is 0 Å². The first-order chi connectivity index (χ1) is 12.6. The molecule has 0 saturated carbocycles. The molecule has 1 atom stereocenters. The van der Waals surface area contributed by atoms with Gasteiger partial charge in [-0.05, 0) is 23.3 Å². The molecule has 0 spiro atoms. The lowest BCUT2D eigenvalue weighted by Gasteiger charge is -2.18. The van der Waals surface area contributed by atoms with Crippen LogP contribution in [0.2, 0.25) is 0 Å². The third kappa shape index (κ3) is 5.04. The van der Waals surface area contributed by atoms with Crippen LogP contribution in [0.5, 0.6) is 0 Å². The minimum atomic E-state index is -3.51. The van der Waals surface area contributed by atoms with Crippen molar-refractivity contribution in [2.24, 2.45) is 0 Å². The molecule has 0 aliphatic heterocycles. The van der Waals surface area contributed by atoms with E-state index in [1.54, 1.807) is 36.8 Å². The van der Waals surface area contributed by atoms with Crippen LogP contribution in [0.15, 0.2) is 95.9 Å². The quantitative estimate of drug-likeness (QED) is 0.577. The van der Waals surface area contributed by atoms with Crippen molar-refractivity contribution in [2.75, 3.05) is 0 Å². The van der Waals surface area contributed by atoms with Crippen molar-refractivity contribution in [3.63, 3.8) is 0 Å². The SMILES string of the molecule is O=S(=O)([CH][CH]C(OCc1ccccc1)c1ccccc1)c1ccccc1. The highest BCUT2D eigenvalue weighted by molar-refractivity contribution is 7.93. The fourth-order valence-corrected chi connectivity index (χ4v) is 3.57. The molecule has 3 aromatic rings. The van der Waals surface area contributed by atoms with Gasteiger partial charge < -0.3 is 4.74 Å². The van der Waals surface area contributed by atoms with E-state index in [0.29, 0.717) is 6.61 Å². The molecule has 0 fully saturated rings. The van der Waals surface area contributed by atoms with Crippen LogP contribution in [-0.4, -0.2) is 8.42 Å². The number of hydrogen-bond acceptors (Lipinski definition) is 3. The summed E-state index contributed by atoms with van der Waals surface area (Å²) >= 11 is 0. The maximum atomic E-state index is 12.5. The van der Waals surface area contributed by atoms with E-state index in [-0.39, 0.29) is 4.90 Å². The van der Waals surface area contributed by atoms with Crippen LogP contribution < -0.4 is 0 Å². The minimum absolute atomic E-state index is 0.270. The highest BCUT2D eigenvalue weighted by Crippen LogP contribution is 2.26. The van der Waals surface area contributed by atoms with Crippen LogP contribution in [0.3, 0.4) is 0 Å². The van der Waals surface area contributed by atoms with Gasteiger partial charge >= 0.3 is 0 Å². The van der Waals surface area contributed by atoms with E-state index in [4.69, 9.17) is 4.74 Å². The molecule has 132 valence electrons. The second-order valence-corrected chi connectivity index (χ2v) is 7.65. The van der Waals surface area contributed by atoms with E-state index in [0.717, 1.165) is 11.1 Å². The molecule has 0 amide bonds. The number of hydrogen-bond donors (Lipinski definition) is 0. The highest BCUT2D eigenvalue weighted by atomic mass is 32.2. The lowest BCUT2D eigenvalue weighted by Crippen LogP contribution is -2.10. The van der Waals surface area contributed by atoms with Crippen LogP contribution in [0.1, 0.15) is 17.2 Å². The second-order valence-electron chi connectivity index (χ2n) is 5.81. The van der Waals surface area contributed by atoms with Crippen LogP contribution in [0.4, 0.5) is 0 Å². The van der Waals surface area contributed by atoms with Crippen molar-refractivity contribution < 1.29 is 13.2 Å². The first-order valence-electron chi connectivity index (χ1n) is 8.34. The number of benzene rings is 3. The Labute approximate surface area is 155 Å². The Balaban J connectivity index is 1.72. The Bertz CT molecular complexity index is 892. The molecule has 0 aliphatic carbocycles. The number of rotatable bonds is 8. The lowest BCUT2D eigenvalue weighted by atomic mass is 10.1. The average Bonchev–Trinajstić information content (AvgIpc) is 2.70. The monoisotopic (exact) mass is 364 g/mol. The molecule has 3 rings (SSSR count). The lowest BCUT2D eigenvalue weighted by molar-refractivity contribution is 0.0633. The zero-order chi connectivity index (χ0) is 18.2. The van der Waals surface area contributed by atoms with E-state index in [1.807, 2.05) is 60.7 Å². The molecular weight excluding hydrogens is 344 g/mol. The van der Waals surface area contributed by atoms with Crippen molar-refractivity contribution in [1.29, 1.82) is 0 Å². The Morgan fingerprint density at radius 1 is 0.769 bits per heavy atom. The maximum absolute atomic E-state index is 12.5. The number of ether oxygens (including phenoxy) is 1. The molecular formula is C22H20O3S. The predicted octanol–water partition coefficient (Wildman–Crippen LogP) is 4.78. The third-order valence-electron chi connectivity index (χ3n) is 3.90. The van der Waals surface area contributed by atoms with Gasteiger partial charge in [-0.1, -0.05) is 78.9 Å². The third-order valence-corrected chi connectivity index (χ3v) is 5.35. The van der Waals surface area contributed by atoms with Crippen molar-refractivity contribution in [2.45, 2.75) is 17.6 Å². The van der Waals surface area contributed by atoms with Crippen LogP contribution in [0.25, 0.3) is 0 Å². The van der Waals surface area contributed by atoms with Crippen molar-refractivity contribution in [3.05, 3.63) is 114 Å². The van der Waals surface area contributed by atoms with Crippen molar-refractivity contribution >= 4 is 9.84 Å². The zero-order valence-corrected chi connectivity index (χ0v) is 15.0. The molecule has 0 saturated heterocycles. The summed E-state index contributed by atoms with van der Waals surface area (Å²) < 4.78 is 31.0. The second kappa shape index (κ2) is 8.79. The summed E-state index contributed by atoms with van der Waals surface area (Å²) in [7, 11) is -3.51. The fraction of sp³-hybridized carbons (Fsp3) is 0.0909. The molecule has 3 nitrogen and oxygen atoms in total. The summed E-state index contributed by atoms with van der Waals surface area (Å²) in [6, 6.07) is 27.8. The van der Waals surface area contributed by atoms with E-state index in [9.17, 15) is 8.42 Å². The van der Waals surface area contributed by atoms with Gasteiger partial charge in [0.15, 0.2) is 9.84 Å². The van der Waals surface area contributed by atoms with Gasteiger partial charge in [0.05, 0.1) is 23.4 Å². The van der Waals surface area contributed by atoms with Crippen LogP contribution in [0, 0.1) is 12.2 Å². The van der Waals surface area contributed by atoms with E-state index >= 15 is 0 Å². The molecule has 4 heteroatoms. The molecule has 0 bridgehead atoms. The first kappa shape index (κ1) is 18.4. The Morgan fingerprint density at radius 2 is 1.31 bits per heavy atom. The molecule has 0 aliphatic rings. The zero-order valence-electron chi connectivity index (χ0n) is 14.2. The molecule has 0 aromatic heterocycles. The Kier molecular flexibility index (Phi) is 6.21. The molecule has 3 aromatic carbocycles. The number of sulfone groups is 1. The molecule has 1 unspecified atom stereocenters. The minimum Gasteiger partial charge on any atom is -0.369 e. The summed E-state index contributed by atoms with van der Waals surface area (Å²) in [5, 5.41) is 0. The standard InChI is InChI=1S/C22H20O3S/c23-26(24,21-14-8-3-9-15-21)17-16-22(20-12-6-2-7-13-20)25-18-19-10-4-1-5-11-19/h1-17,22H,18H2. The van der Waals surface area contributed by atoms with Crippen LogP contribution >= 0.6 is 0 Å². The molecule has 26 heavy (non-hydrogen) atoms.